The summed E-state index contributed by atoms with van der Waals surface area (Å²) in [5, 5.41) is 7.00. The van der Waals surface area contributed by atoms with Crippen molar-refractivity contribution in [3.63, 3.8) is 0 Å². The first-order valence-corrected chi connectivity index (χ1v) is 8.23. The van der Waals surface area contributed by atoms with Gasteiger partial charge >= 0.3 is 0 Å². The summed E-state index contributed by atoms with van der Waals surface area (Å²) in [5.74, 6) is 0. The van der Waals surface area contributed by atoms with E-state index < -0.39 is 10.0 Å². The predicted molar refractivity (Wildman–Crippen MR) is 83.2 cm³/mol. The summed E-state index contributed by atoms with van der Waals surface area (Å²) >= 11 is 12.1. The molecule has 1 aromatic carbocycles. The van der Waals surface area contributed by atoms with Crippen molar-refractivity contribution in [1.29, 1.82) is 0 Å². The van der Waals surface area contributed by atoms with Crippen LogP contribution in [0.3, 0.4) is 0 Å². The fourth-order valence-corrected chi connectivity index (χ4v) is 3.98. The van der Waals surface area contributed by atoms with Crippen LogP contribution in [0.25, 0.3) is 0 Å². The van der Waals surface area contributed by atoms with Gasteiger partial charge in [0.2, 0.25) is 0 Å². The van der Waals surface area contributed by atoms with Gasteiger partial charge in [0.25, 0.3) is 10.0 Å². The number of aromatic amines is 1. The Hall–Kier alpha value is -1.28. The Morgan fingerprint density at radius 3 is 2.52 bits per heavy atom. The van der Waals surface area contributed by atoms with Gasteiger partial charge < -0.3 is 5.73 Å². The van der Waals surface area contributed by atoms with Crippen LogP contribution in [-0.2, 0) is 16.6 Å². The van der Waals surface area contributed by atoms with E-state index in [0.717, 1.165) is 0 Å². The third-order valence-corrected chi connectivity index (χ3v) is 5.30. The van der Waals surface area contributed by atoms with E-state index in [4.69, 9.17) is 28.9 Å². The quantitative estimate of drug-likeness (QED) is 0.790. The molecule has 0 saturated carbocycles. The van der Waals surface area contributed by atoms with E-state index in [9.17, 15) is 8.42 Å². The third kappa shape index (κ3) is 3.01. The first-order valence-electron chi connectivity index (χ1n) is 5.99. The average molecular weight is 349 g/mol. The predicted octanol–water partition coefficient (Wildman–Crippen LogP) is 2.59. The van der Waals surface area contributed by atoms with Gasteiger partial charge in [-0.2, -0.15) is 5.10 Å². The van der Waals surface area contributed by atoms with Crippen LogP contribution in [0.4, 0.5) is 5.69 Å². The Bertz CT molecular complexity index is 767. The van der Waals surface area contributed by atoms with E-state index in [1.165, 1.54) is 12.1 Å². The number of benzene rings is 1. The van der Waals surface area contributed by atoms with Gasteiger partial charge in [0.15, 0.2) is 0 Å². The Balaban J connectivity index is 2.51. The standard InChI is InChI=1S/C12H14Cl2N4O2S/c1-6-12(7(2)17-16-6)18-21(19,20)10-4-3-9(13)8(5-15)11(10)14/h3-4,18H,5,15H2,1-2H3,(H,16,17). The Kier molecular flexibility index (Phi) is 4.48. The number of anilines is 1. The van der Waals surface area contributed by atoms with Gasteiger partial charge in [-0.25, -0.2) is 8.42 Å². The smallest absolute Gasteiger partial charge is 0.263 e. The maximum Gasteiger partial charge on any atom is 0.263 e. The lowest BCUT2D eigenvalue weighted by atomic mass is 10.2. The fourth-order valence-electron chi connectivity index (χ4n) is 1.86. The van der Waals surface area contributed by atoms with E-state index >= 15 is 0 Å². The number of sulfonamides is 1. The maximum atomic E-state index is 12.5. The summed E-state index contributed by atoms with van der Waals surface area (Å²) in [7, 11) is -3.86. The second kappa shape index (κ2) is 5.84. The highest BCUT2D eigenvalue weighted by atomic mass is 35.5. The highest BCUT2D eigenvalue weighted by Gasteiger charge is 2.23. The van der Waals surface area contributed by atoms with E-state index in [1.807, 2.05) is 0 Å². The number of aromatic nitrogens is 2. The minimum Gasteiger partial charge on any atom is -0.326 e. The molecule has 2 aromatic rings. The lowest BCUT2D eigenvalue weighted by Crippen LogP contribution is -2.15. The molecule has 0 aliphatic heterocycles. The molecule has 0 aliphatic carbocycles. The minimum atomic E-state index is -3.86. The van der Waals surface area contributed by atoms with Crippen molar-refractivity contribution in [3.8, 4) is 0 Å². The lowest BCUT2D eigenvalue weighted by Gasteiger charge is -2.12. The maximum absolute atomic E-state index is 12.5. The molecule has 0 bridgehead atoms. The van der Waals surface area contributed by atoms with Crippen molar-refractivity contribution in [3.05, 3.63) is 39.1 Å². The van der Waals surface area contributed by atoms with Crippen LogP contribution >= 0.6 is 23.2 Å². The van der Waals surface area contributed by atoms with Crippen LogP contribution < -0.4 is 10.5 Å². The largest absolute Gasteiger partial charge is 0.326 e. The molecule has 1 heterocycles. The van der Waals surface area contributed by atoms with E-state index in [-0.39, 0.29) is 16.5 Å². The van der Waals surface area contributed by atoms with Crippen LogP contribution in [0.2, 0.25) is 10.0 Å². The second-order valence-corrected chi connectivity index (χ2v) is 6.89. The molecule has 1 aromatic heterocycles. The number of H-pyrrole nitrogens is 1. The Morgan fingerprint density at radius 2 is 2.00 bits per heavy atom. The normalized spacial score (nSPS) is 11.7. The van der Waals surface area contributed by atoms with Crippen molar-refractivity contribution in [2.24, 2.45) is 5.73 Å². The van der Waals surface area contributed by atoms with Gasteiger partial charge in [-0.3, -0.25) is 9.82 Å². The average Bonchev–Trinajstić information content (AvgIpc) is 2.70. The lowest BCUT2D eigenvalue weighted by molar-refractivity contribution is 0.601. The number of rotatable bonds is 4. The van der Waals surface area contributed by atoms with Crippen LogP contribution in [0.15, 0.2) is 17.0 Å². The second-order valence-electron chi connectivity index (χ2n) is 4.46. The number of nitrogens with one attached hydrogen (secondary N) is 2. The molecule has 114 valence electrons. The Labute approximate surface area is 132 Å². The van der Waals surface area contributed by atoms with Gasteiger partial charge in [0.1, 0.15) is 4.90 Å². The SMILES string of the molecule is Cc1n[nH]c(C)c1NS(=O)(=O)c1ccc(Cl)c(CN)c1Cl. The van der Waals surface area contributed by atoms with Crippen molar-refractivity contribution < 1.29 is 8.42 Å². The summed E-state index contributed by atoms with van der Waals surface area (Å²) in [6.45, 7) is 3.45. The van der Waals surface area contributed by atoms with E-state index in [2.05, 4.69) is 14.9 Å². The molecule has 0 aliphatic rings. The molecule has 0 amide bonds. The number of hydrogen-bond donors (Lipinski definition) is 3. The zero-order valence-electron chi connectivity index (χ0n) is 11.4. The molecule has 0 unspecified atom stereocenters. The van der Waals surface area contributed by atoms with Gasteiger partial charge in [-0.05, 0) is 26.0 Å². The number of nitrogens with zero attached hydrogens (tertiary/aromatic N) is 1. The van der Waals surface area contributed by atoms with Crippen molar-refractivity contribution in [1.82, 2.24) is 10.2 Å². The van der Waals surface area contributed by atoms with Crippen LogP contribution in [-0.4, -0.2) is 18.6 Å². The zero-order valence-corrected chi connectivity index (χ0v) is 13.7. The first-order chi connectivity index (χ1) is 9.77. The number of aryl methyl sites for hydroxylation is 2. The number of hydrogen-bond acceptors (Lipinski definition) is 4. The summed E-state index contributed by atoms with van der Waals surface area (Å²) in [4.78, 5) is -0.0750. The molecule has 0 atom stereocenters. The topological polar surface area (TPSA) is 101 Å². The van der Waals surface area contributed by atoms with Crippen LogP contribution in [0.5, 0.6) is 0 Å². The summed E-state index contributed by atoms with van der Waals surface area (Å²) in [6, 6.07) is 2.80. The first kappa shape index (κ1) is 16.1. The molecule has 0 saturated heterocycles. The van der Waals surface area contributed by atoms with Crippen LogP contribution in [0, 0.1) is 13.8 Å². The van der Waals surface area contributed by atoms with E-state index in [0.29, 0.717) is 27.7 Å². The number of halogens is 2. The summed E-state index contributed by atoms with van der Waals surface area (Å²) in [6.07, 6.45) is 0. The molecule has 2 rings (SSSR count). The van der Waals surface area contributed by atoms with Crippen molar-refractivity contribution >= 4 is 38.9 Å². The molecular weight excluding hydrogens is 335 g/mol. The minimum absolute atomic E-state index is 0.0244. The van der Waals surface area contributed by atoms with Crippen LogP contribution in [0.1, 0.15) is 17.0 Å². The molecule has 0 fully saturated rings. The third-order valence-electron chi connectivity index (χ3n) is 3.01. The molecule has 6 nitrogen and oxygen atoms in total. The molecular formula is C12H14Cl2N4O2S. The van der Waals surface area contributed by atoms with Gasteiger partial charge in [-0.1, -0.05) is 23.2 Å². The summed E-state index contributed by atoms with van der Waals surface area (Å²) in [5.41, 5.74) is 7.49. The van der Waals surface area contributed by atoms with Gasteiger partial charge in [0, 0.05) is 17.1 Å². The van der Waals surface area contributed by atoms with Gasteiger partial charge in [0.05, 0.1) is 22.1 Å². The molecule has 4 N–H and O–H groups in total. The summed E-state index contributed by atoms with van der Waals surface area (Å²) < 4.78 is 27.4. The van der Waals surface area contributed by atoms with Crippen molar-refractivity contribution in [2.75, 3.05) is 4.72 Å². The molecule has 9 heteroatoms. The molecule has 0 spiro atoms. The monoisotopic (exact) mass is 348 g/mol. The zero-order chi connectivity index (χ0) is 15.8. The number of nitrogens with two attached hydrogens (primary N) is 1. The highest BCUT2D eigenvalue weighted by Crippen LogP contribution is 2.32. The fraction of sp³-hybridized carbons (Fsp3) is 0.250. The molecule has 0 radical (unpaired) electrons. The van der Waals surface area contributed by atoms with Crippen molar-refractivity contribution in [2.45, 2.75) is 25.3 Å². The van der Waals surface area contributed by atoms with Gasteiger partial charge in [-0.15, -0.1) is 0 Å². The van der Waals surface area contributed by atoms with E-state index in [1.54, 1.807) is 13.8 Å². The Morgan fingerprint density at radius 1 is 1.33 bits per heavy atom. The highest BCUT2D eigenvalue weighted by molar-refractivity contribution is 7.92. The molecule has 21 heavy (non-hydrogen) atoms.